The fraction of sp³-hybridized carbons (Fsp3) is 0.429. The number of hydrogen-bond donors (Lipinski definition) is 1. The van der Waals surface area contributed by atoms with Gasteiger partial charge in [0.25, 0.3) is 0 Å². The molecule has 2 aromatic rings. The minimum absolute atomic E-state index is 0.161. The Balaban J connectivity index is 1.56. The molecule has 0 aliphatic carbocycles. The third kappa shape index (κ3) is 6.82. The average Bonchev–Trinajstić information content (AvgIpc) is 2.73. The predicted molar refractivity (Wildman–Crippen MR) is 109 cm³/mol. The molecule has 1 aromatic heterocycles. The molecule has 2 heterocycles. The number of rotatable bonds is 7. The Labute approximate surface area is 182 Å². The minimum atomic E-state index is -4.80. The van der Waals surface area contributed by atoms with Gasteiger partial charge in [0.1, 0.15) is 5.75 Å². The normalized spacial score (nSPS) is 16.4. The quantitative estimate of drug-likeness (QED) is 0.644. The second kappa shape index (κ2) is 10.3. The van der Waals surface area contributed by atoms with Crippen LogP contribution in [-0.2, 0) is 20.7 Å². The van der Waals surface area contributed by atoms with Crippen LogP contribution >= 0.6 is 0 Å². The van der Waals surface area contributed by atoms with E-state index in [1.54, 1.807) is 19.1 Å². The van der Waals surface area contributed by atoms with Crippen molar-refractivity contribution in [2.75, 3.05) is 29.9 Å². The number of benzene rings is 1. The van der Waals surface area contributed by atoms with Gasteiger partial charge in [0.05, 0.1) is 18.9 Å². The van der Waals surface area contributed by atoms with Crippen molar-refractivity contribution in [2.45, 2.75) is 32.5 Å². The monoisotopic (exact) mass is 452 g/mol. The zero-order valence-electron chi connectivity index (χ0n) is 17.4. The van der Waals surface area contributed by atoms with Crippen molar-refractivity contribution in [2.24, 2.45) is 5.92 Å². The highest BCUT2D eigenvalue weighted by atomic mass is 19.4. The maximum Gasteiger partial charge on any atom is 0.573 e. The first-order valence-corrected chi connectivity index (χ1v) is 10.1. The Morgan fingerprint density at radius 1 is 1.22 bits per heavy atom. The Morgan fingerprint density at radius 3 is 2.72 bits per heavy atom. The Bertz CT molecular complexity index is 937. The molecule has 1 amide bonds. The van der Waals surface area contributed by atoms with Crippen LogP contribution in [0.3, 0.4) is 0 Å². The largest absolute Gasteiger partial charge is 0.573 e. The summed E-state index contributed by atoms with van der Waals surface area (Å²) in [5.41, 5.74) is 0.354. The molecule has 11 heteroatoms. The van der Waals surface area contributed by atoms with Crippen molar-refractivity contribution in [3.05, 3.63) is 42.0 Å². The van der Waals surface area contributed by atoms with Crippen LogP contribution in [0.2, 0.25) is 0 Å². The number of esters is 1. The highest BCUT2D eigenvalue weighted by molar-refractivity contribution is 5.91. The maximum absolute atomic E-state index is 12.3. The number of anilines is 2. The molecule has 1 saturated heterocycles. The fourth-order valence-electron chi connectivity index (χ4n) is 3.42. The molecule has 1 aliphatic heterocycles. The van der Waals surface area contributed by atoms with Gasteiger partial charge in [-0.05, 0) is 49.6 Å². The molecule has 1 aromatic carbocycles. The number of carbonyl (C=O) groups excluding carboxylic acids is 2. The number of ether oxygens (including phenoxy) is 2. The third-order valence-electron chi connectivity index (χ3n) is 4.78. The molecular formula is C21H23F3N4O4. The first-order chi connectivity index (χ1) is 15.2. The van der Waals surface area contributed by atoms with E-state index in [4.69, 9.17) is 4.74 Å². The molecule has 1 atom stereocenters. The maximum atomic E-state index is 12.3. The fourth-order valence-corrected chi connectivity index (χ4v) is 3.42. The Hall–Kier alpha value is -3.37. The minimum Gasteiger partial charge on any atom is -0.466 e. The summed E-state index contributed by atoms with van der Waals surface area (Å²) in [7, 11) is 0. The highest BCUT2D eigenvalue weighted by Crippen LogP contribution is 2.24. The van der Waals surface area contributed by atoms with Gasteiger partial charge in [-0.15, -0.1) is 23.4 Å². The lowest BCUT2D eigenvalue weighted by atomic mass is 9.98. The summed E-state index contributed by atoms with van der Waals surface area (Å²) in [6.45, 7) is 3.31. The molecule has 0 bridgehead atoms. The number of halogens is 3. The van der Waals surface area contributed by atoms with Crippen molar-refractivity contribution < 1.29 is 32.2 Å². The summed E-state index contributed by atoms with van der Waals surface area (Å²) >= 11 is 0. The van der Waals surface area contributed by atoms with E-state index in [-0.39, 0.29) is 24.1 Å². The lowest BCUT2D eigenvalue weighted by Crippen LogP contribution is -2.40. The van der Waals surface area contributed by atoms with Gasteiger partial charge in [-0.3, -0.25) is 9.59 Å². The van der Waals surface area contributed by atoms with Gasteiger partial charge in [-0.1, -0.05) is 12.1 Å². The van der Waals surface area contributed by atoms with Crippen LogP contribution in [0.5, 0.6) is 5.75 Å². The second-order valence-electron chi connectivity index (χ2n) is 7.23. The molecule has 1 aliphatic rings. The number of nitrogens with zero attached hydrogens (tertiary/aromatic N) is 3. The summed E-state index contributed by atoms with van der Waals surface area (Å²) in [6.07, 6.45) is -3.39. The molecule has 32 heavy (non-hydrogen) atoms. The smallest absolute Gasteiger partial charge is 0.466 e. The van der Waals surface area contributed by atoms with Crippen LogP contribution in [0.15, 0.2) is 36.4 Å². The van der Waals surface area contributed by atoms with Crippen LogP contribution in [0.1, 0.15) is 25.3 Å². The van der Waals surface area contributed by atoms with Gasteiger partial charge >= 0.3 is 12.3 Å². The van der Waals surface area contributed by atoms with Gasteiger partial charge in [0.15, 0.2) is 11.6 Å². The number of amides is 1. The van der Waals surface area contributed by atoms with Crippen molar-refractivity contribution in [1.82, 2.24) is 10.2 Å². The molecule has 3 rings (SSSR count). The SMILES string of the molecule is CCOC(=O)C1CCCN(c2ccc(NC(=O)Cc3cccc(OC(F)(F)F)c3)nn2)C1. The van der Waals surface area contributed by atoms with E-state index < -0.39 is 18.0 Å². The van der Waals surface area contributed by atoms with Gasteiger partial charge in [0.2, 0.25) is 5.91 Å². The number of piperidine rings is 1. The van der Waals surface area contributed by atoms with E-state index in [1.165, 1.54) is 12.1 Å². The molecule has 0 radical (unpaired) electrons. The number of hydrogen-bond acceptors (Lipinski definition) is 7. The van der Waals surface area contributed by atoms with E-state index in [1.807, 2.05) is 4.90 Å². The highest BCUT2D eigenvalue weighted by Gasteiger charge is 2.31. The number of nitrogens with one attached hydrogen (secondary N) is 1. The van der Waals surface area contributed by atoms with E-state index >= 15 is 0 Å². The summed E-state index contributed by atoms with van der Waals surface area (Å²) in [5, 5.41) is 10.7. The van der Waals surface area contributed by atoms with Gasteiger partial charge in [-0.25, -0.2) is 0 Å². The lowest BCUT2D eigenvalue weighted by molar-refractivity contribution is -0.274. The molecule has 1 unspecified atom stereocenters. The molecule has 0 saturated carbocycles. The average molecular weight is 452 g/mol. The lowest BCUT2D eigenvalue weighted by Gasteiger charge is -2.32. The van der Waals surface area contributed by atoms with Crippen LogP contribution < -0.4 is 15.0 Å². The summed E-state index contributed by atoms with van der Waals surface area (Å²) in [4.78, 5) is 26.2. The number of aromatic nitrogens is 2. The van der Waals surface area contributed by atoms with Crippen LogP contribution in [0.25, 0.3) is 0 Å². The third-order valence-corrected chi connectivity index (χ3v) is 4.78. The zero-order chi connectivity index (χ0) is 23.1. The molecule has 8 nitrogen and oxygen atoms in total. The summed E-state index contributed by atoms with van der Waals surface area (Å²) < 4.78 is 46.0. The standard InChI is InChI=1S/C21H23F3N4O4/c1-2-31-20(30)15-6-4-10-28(13-15)18-9-8-17(26-27-18)25-19(29)12-14-5-3-7-16(11-14)32-21(22,23)24/h3,5,7-9,11,15H,2,4,6,10,12-13H2,1H3,(H,25,26,29). The van der Waals surface area contributed by atoms with Gasteiger partial charge in [-0.2, -0.15) is 0 Å². The van der Waals surface area contributed by atoms with E-state index in [2.05, 4.69) is 20.3 Å². The van der Waals surface area contributed by atoms with E-state index in [9.17, 15) is 22.8 Å². The van der Waals surface area contributed by atoms with E-state index in [0.29, 0.717) is 24.5 Å². The number of alkyl halides is 3. The first kappa shape index (κ1) is 23.3. The molecule has 172 valence electrons. The van der Waals surface area contributed by atoms with Crippen molar-refractivity contribution in [3.63, 3.8) is 0 Å². The summed E-state index contributed by atoms with van der Waals surface area (Å²) in [6, 6.07) is 8.48. The van der Waals surface area contributed by atoms with Crippen molar-refractivity contribution in [1.29, 1.82) is 0 Å². The van der Waals surface area contributed by atoms with Crippen molar-refractivity contribution in [3.8, 4) is 5.75 Å². The predicted octanol–water partition coefficient (Wildman–Crippen LogP) is 3.34. The van der Waals surface area contributed by atoms with Crippen LogP contribution in [0.4, 0.5) is 24.8 Å². The Kier molecular flexibility index (Phi) is 7.49. The molecule has 1 N–H and O–H groups in total. The number of carbonyl (C=O) groups is 2. The van der Waals surface area contributed by atoms with Crippen molar-refractivity contribution >= 4 is 23.5 Å². The molecule has 1 fully saturated rings. The topological polar surface area (TPSA) is 93.7 Å². The van der Waals surface area contributed by atoms with E-state index in [0.717, 1.165) is 31.5 Å². The molecular weight excluding hydrogens is 429 g/mol. The summed E-state index contributed by atoms with van der Waals surface area (Å²) in [5.74, 6) is -0.513. The van der Waals surface area contributed by atoms with Gasteiger partial charge < -0.3 is 19.7 Å². The Morgan fingerprint density at radius 2 is 2.03 bits per heavy atom. The molecule has 0 spiro atoms. The van der Waals surface area contributed by atoms with Gasteiger partial charge in [0, 0.05) is 13.1 Å². The zero-order valence-corrected chi connectivity index (χ0v) is 17.4. The van der Waals surface area contributed by atoms with Crippen LogP contribution in [-0.4, -0.2) is 48.1 Å². The first-order valence-electron chi connectivity index (χ1n) is 10.1. The van der Waals surface area contributed by atoms with Crippen LogP contribution in [0, 0.1) is 5.92 Å². The second-order valence-corrected chi connectivity index (χ2v) is 7.23.